The van der Waals surface area contributed by atoms with Crippen LogP contribution in [0.25, 0.3) is 11.1 Å². The van der Waals surface area contributed by atoms with E-state index in [1.54, 1.807) is 31.2 Å². The fraction of sp³-hybridized carbons (Fsp3) is 0.350. The van der Waals surface area contributed by atoms with Gasteiger partial charge in [0, 0.05) is 11.1 Å². The molecule has 0 radical (unpaired) electrons. The zero-order valence-electron chi connectivity index (χ0n) is 14.4. The van der Waals surface area contributed by atoms with E-state index < -0.39 is 11.0 Å². The molecule has 0 saturated heterocycles. The maximum Gasteiger partial charge on any atom is 0.312 e. The van der Waals surface area contributed by atoms with Crippen molar-refractivity contribution in [3.8, 4) is 22.6 Å². The van der Waals surface area contributed by atoms with Gasteiger partial charge in [-0.1, -0.05) is 19.1 Å². The number of hydrogen-bond acceptors (Lipinski definition) is 4. The molecule has 2 aromatic carbocycles. The maximum atomic E-state index is 12.7. The highest BCUT2D eigenvalue weighted by molar-refractivity contribution is 5.84. The molecule has 0 heterocycles. The van der Waals surface area contributed by atoms with Gasteiger partial charge in [-0.25, -0.2) is 0 Å². The van der Waals surface area contributed by atoms with Crippen molar-refractivity contribution in [3.05, 3.63) is 47.5 Å². The summed E-state index contributed by atoms with van der Waals surface area (Å²) < 4.78 is 5.96. The van der Waals surface area contributed by atoms with Crippen LogP contribution in [0.4, 0.5) is 0 Å². The van der Waals surface area contributed by atoms with Crippen LogP contribution in [0.2, 0.25) is 0 Å². The quantitative estimate of drug-likeness (QED) is 0.824. The Kier molecular flexibility index (Phi) is 3.59. The van der Waals surface area contributed by atoms with E-state index >= 15 is 0 Å². The van der Waals surface area contributed by atoms with Crippen molar-refractivity contribution in [2.24, 2.45) is 5.41 Å². The van der Waals surface area contributed by atoms with E-state index in [1.807, 2.05) is 32.9 Å². The van der Waals surface area contributed by atoms with Gasteiger partial charge in [-0.3, -0.25) is 4.79 Å². The first kappa shape index (κ1) is 16.4. The fourth-order valence-corrected chi connectivity index (χ4v) is 3.05. The lowest BCUT2D eigenvalue weighted by Gasteiger charge is -2.32. The monoisotopic (exact) mass is 326 g/mol. The lowest BCUT2D eigenvalue weighted by molar-refractivity contribution is -0.166. The minimum Gasteiger partial charge on any atom is -0.508 e. The topological polar surface area (TPSA) is 66.8 Å². The van der Waals surface area contributed by atoms with Crippen LogP contribution in [0, 0.1) is 5.41 Å². The van der Waals surface area contributed by atoms with Crippen LogP contribution in [0.3, 0.4) is 0 Å². The molecule has 24 heavy (non-hydrogen) atoms. The number of benzene rings is 2. The van der Waals surface area contributed by atoms with E-state index in [-0.39, 0.29) is 17.5 Å². The molecule has 0 aromatic heterocycles. The molecule has 0 saturated carbocycles. The van der Waals surface area contributed by atoms with Crippen molar-refractivity contribution in [1.82, 2.24) is 0 Å². The van der Waals surface area contributed by atoms with Gasteiger partial charge in [0.15, 0.2) is 5.60 Å². The molecule has 126 valence electrons. The Morgan fingerprint density at radius 1 is 1.04 bits per heavy atom. The summed E-state index contributed by atoms with van der Waals surface area (Å²) in [4.78, 5) is 12.7. The molecule has 0 unspecified atom stereocenters. The van der Waals surface area contributed by atoms with Crippen molar-refractivity contribution in [1.29, 1.82) is 0 Å². The summed E-state index contributed by atoms with van der Waals surface area (Å²) in [6.45, 7) is 7.44. The van der Waals surface area contributed by atoms with Gasteiger partial charge < -0.3 is 14.9 Å². The standard InChI is InChI=1S/C20H22O4/c1-5-19(2,3)18(23)24-20(4)16-10-12(21)6-8-14(16)15-9-7-13(22)11-17(15)20/h6-11,21-22H,5H2,1-4H3. The van der Waals surface area contributed by atoms with Crippen molar-refractivity contribution in [2.45, 2.75) is 39.7 Å². The Morgan fingerprint density at radius 3 is 1.92 bits per heavy atom. The van der Waals surface area contributed by atoms with E-state index in [0.717, 1.165) is 22.3 Å². The predicted octanol–water partition coefficient (Wildman–Crippen LogP) is 4.32. The molecule has 4 nitrogen and oxygen atoms in total. The van der Waals surface area contributed by atoms with Crippen LogP contribution in [-0.4, -0.2) is 16.2 Å². The Bertz CT molecular complexity index is 769. The molecule has 0 spiro atoms. The zero-order valence-corrected chi connectivity index (χ0v) is 14.4. The van der Waals surface area contributed by atoms with Crippen LogP contribution >= 0.6 is 0 Å². The van der Waals surface area contributed by atoms with Gasteiger partial charge >= 0.3 is 5.97 Å². The molecule has 0 aliphatic heterocycles. The highest BCUT2D eigenvalue weighted by Gasteiger charge is 2.45. The molecule has 2 aromatic rings. The minimum atomic E-state index is -1.05. The summed E-state index contributed by atoms with van der Waals surface area (Å²) in [5.74, 6) is -0.0800. The molecular weight excluding hydrogens is 304 g/mol. The molecule has 0 atom stereocenters. The largest absolute Gasteiger partial charge is 0.508 e. The van der Waals surface area contributed by atoms with Gasteiger partial charge in [-0.15, -0.1) is 0 Å². The number of rotatable bonds is 3. The smallest absolute Gasteiger partial charge is 0.312 e. The lowest BCUT2D eigenvalue weighted by atomic mass is 9.88. The van der Waals surface area contributed by atoms with Gasteiger partial charge in [0.25, 0.3) is 0 Å². The van der Waals surface area contributed by atoms with E-state index in [4.69, 9.17) is 4.74 Å². The molecule has 0 amide bonds. The number of aromatic hydroxyl groups is 2. The fourth-order valence-electron chi connectivity index (χ4n) is 3.05. The van der Waals surface area contributed by atoms with E-state index in [1.165, 1.54) is 0 Å². The third-order valence-electron chi connectivity index (χ3n) is 5.06. The number of phenolic OH excluding ortho intramolecular Hbond substituents is 2. The van der Waals surface area contributed by atoms with Crippen molar-refractivity contribution >= 4 is 5.97 Å². The number of ether oxygens (including phenoxy) is 1. The van der Waals surface area contributed by atoms with E-state index in [0.29, 0.717) is 6.42 Å². The SMILES string of the molecule is CCC(C)(C)C(=O)OC1(C)c2cc(O)ccc2-c2ccc(O)cc21. The normalized spacial score (nSPS) is 14.8. The second-order valence-electron chi connectivity index (χ2n) is 7.12. The van der Waals surface area contributed by atoms with Crippen molar-refractivity contribution in [2.75, 3.05) is 0 Å². The average Bonchev–Trinajstić information content (AvgIpc) is 2.76. The van der Waals surface area contributed by atoms with E-state index in [9.17, 15) is 15.0 Å². The average molecular weight is 326 g/mol. The summed E-state index contributed by atoms with van der Waals surface area (Å²) in [6.07, 6.45) is 0.654. The number of esters is 1. The minimum absolute atomic E-state index is 0.114. The first-order valence-electron chi connectivity index (χ1n) is 8.10. The van der Waals surface area contributed by atoms with Crippen LogP contribution in [0.15, 0.2) is 36.4 Å². The second-order valence-corrected chi connectivity index (χ2v) is 7.12. The molecule has 1 aliphatic rings. The van der Waals surface area contributed by atoms with Gasteiger partial charge in [0.1, 0.15) is 11.5 Å². The Hall–Kier alpha value is -2.49. The molecule has 2 N–H and O–H groups in total. The number of carbonyl (C=O) groups excluding carboxylic acids is 1. The van der Waals surface area contributed by atoms with Gasteiger partial charge in [-0.2, -0.15) is 0 Å². The van der Waals surface area contributed by atoms with Crippen LogP contribution < -0.4 is 0 Å². The van der Waals surface area contributed by atoms with Gasteiger partial charge in [0.05, 0.1) is 5.41 Å². The van der Waals surface area contributed by atoms with E-state index in [2.05, 4.69) is 0 Å². The summed E-state index contributed by atoms with van der Waals surface area (Å²) in [5, 5.41) is 19.8. The van der Waals surface area contributed by atoms with Crippen LogP contribution in [0.5, 0.6) is 11.5 Å². The van der Waals surface area contributed by atoms with Crippen LogP contribution in [0.1, 0.15) is 45.2 Å². The highest BCUT2D eigenvalue weighted by atomic mass is 16.6. The summed E-state index contributed by atoms with van der Waals surface area (Å²) in [7, 11) is 0. The number of hydrogen-bond donors (Lipinski definition) is 2. The van der Waals surface area contributed by atoms with Crippen molar-refractivity contribution in [3.63, 3.8) is 0 Å². The third-order valence-corrected chi connectivity index (χ3v) is 5.06. The van der Waals surface area contributed by atoms with Crippen LogP contribution in [-0.2, 0) is 15.1 Å². The van der Waals surface area contributed by atoms with Gasteiger partial charge in [0.2, 0.25) is 0 Å². The number of phenols is 2. The Balaban J connectivity index is 2.18. The summed E-state index contributed by atoms with van der Waals surface area (Å²) >= 11 is 0. The predicted molar refractivity (Wildman–Crippen MR) is 91.8 cm³/mol. The molecule has 0 bridgehead atoms. The molecule has 0 fully saturated rings. The first-order chi connectivity index (χ1) is 11.2. The molecule has 1 aliphatic carbocycles. The Labute approximate surface area is 141 Å². The lowest BCUT2D eigenvalue weighted by Crippen LogP contribution is -2.35. The second kappa shape index (κ2) is 5.26. The zero-order chi connectivity index (χ0) is 17.7. The van der Waals surface area contributed by atoms with Gasteiger partial charge in [-0.05, 0) is 62.6 Å². The molecular formula is C20H22O4. The molecule has 3 rings (SSSR count). The van der Waals surface area contributed by atoms with Crippen molar-refractivity contribution < 1.29 is 19.7 Å². The first-order valence-corrected chi connectivity index (χ1v) is 8.10. The highest BCUT2D eigenvalue weighted by Crippen LogP contribution is 2.52. The summed E-state index contributed by atoms with van der Waals surface area (Å²) in [5.41, 5.74) is 1.58. The number of carbonyl (C=O) groups is 1. The molecule has 4 heteroatoms. The Morgan fingerprint density at radius 2 is 1.50 bits per heavy atom. The third kappa shape index (κ3) is 2.33. The number of fused-ring (bicyclic) bond motifs is 3. The summed E-state index contributed by atoms with van der Waals surface area (Å²) in [6, 6.07) is 10.1. The maximum absolute atomic E-state index is 12.7.